The Bertz CT molecular complexity index is 997. The van der Waals surface area contributed by atoms with Crippen molar-refractivity contribution in [3.8, 4) is 5.75 Å². The highest BCUT2D eigenvalue weighted by Crippen LogP contribution is 2.68. The van der Waals surface area contributed by atoms with E-state index in [-0.39, 0.29) is 23.7 Å². The van der Waals surface area contributed by atoms with Gasteiger partial charge in [-0.2, -0.15) is 0 Å². The van der Waals surface area contributed by atoms with Crippen LogP contribution in [0, 0.1) is 11.8 Å². The minimum atomic E-state index is -0.571. The lowest BCUT2D eigenvalue weighted by atomic mass is 9.83. The van der Waals surface area contributed by atoms with Crippen LogP contribution in [0.1, 0.15) is 18.1 Å². The van der Waals surface area contributed by atoms with Crippen molar-refractivity contribution in [2.45, 2.75) is 12.3 Å². The lowest BCUT2D eigenvalue weighted by Gasteiger charge is -2.26. The van der Waals surface area contributed by atoms with E-state index in [1.165, 1.54) is 4.90 Å². The summed E-state index contributed by atoms with van der Waals surface area (Å²) in [5.41, 5.74) is 2.08. The molecule has 0 bridgehead atoms. The van der Waals surface area contributed by atoms with E-state index < -0.39 is 5.41 Å². The molecular weight excluding hydrogens is 362 g/mol. The van der Waals surface area contributed by atoms with Crippen LogP contribution in [0.2, 0.25) is 0 Å². The van der Waals surface area contributed by atoms with E-state index in [0.717, 1.165) is 16.9 Å². The number of hydrogen-bond donors (Lipinski definition) is 0. The van der Waals surface area contributed by atoms with Crippen molar-refractivity contribution in [2.24, 2.45) is 11.8 Å². The molecule has 4 heteroatoms. The number of anilines is 1. The zero-order chi connectivity index (χ0) is 20.0. The molecule has 3 aromatic rings. The number of imide groups is 1. The molecule has 0 radical (unpaired) electrons. The number of carbonyl (C=O) groups is 2. The topological polar surface area (TPSA) is 46.6 Å². The number of carbonyl (C=O) groups excluding carboxylic acids is 2. The summed E-state index contributed by atoms with van der Waals surface area (Å²) in [7, 11) is 0. The highest BCUT2D eigenvalue weighted by Gasteiger charge is 2.78. The Morgan fingerprint density at radius 2 is 1.24 bits per heavy atom. The van der Waals surface area contributed by atoms with Gasteiger partial charge in [-0.05, 0) is 42.3 Å². The van der Waals surface area contributed by atoms with Gasteiger partial charge in [-0.15, -0.1) is 0 Å². The molecule has 2 aliphatic rings. The van der Waals surface area contributed by atoms with Gasteiger partial charge in [0.15, 0.2) is 0 Å². The molecule has 4 nitrogen and oxygen atoms in total. The monoisotopic (exact) mass is 383 g/mol. The molecule has 2 atom stereocenters. The quantitative estimate of drug-likeness (QED) is 0.621. The lowest BCUT2D eigenvalue weighted by molar-refractivity contribution is -0.124. The van der Waals surface area contributed by atoms with Crippen LogP contribution in [0.25, 0.3) is 0 Å². The lowest BCUT2D eigenvalue weighted by Crippen LogP contribution is -2.39. The Hall–Kier alpha value is -3.40. The molecule has 29 heavy (non-hydrogen) atoms. The molecule has 0 aromatic heterocycles. The Morgan fingerprint density at radius 3 is 1.69 bits per heavy atom. The molecule has 1 heterocycles. The van der Waals surface area contributed by atoms with Crippen molar-refractivity contribution in [1.29, 1.82) is 0 Å². The van der Waals surface area contributed by atoms with E-state index in [2.05, 4.69) is 0 Å². The van der Waals surface area contributed by atoms with Gasteiger partial charge in [-0.25, -0.2) is 4.90 Å². The number of nitrogens with zero attached hydrogens (tertiary/aromatic N) is 1. The van der Waals surface area contributed by atoms with Gasteiger partial charge in [0.05, 0.1) is 24.1 Å². The van der Waals surface area contributed by atoms with Crippen molar-refractivity contribution >= 4 is 17.5 Å². The van der Waals surface area contributed by atoms with Gasteiger partial charge in [0.25, 0.3) is 0 Å². The summed E-state index contributed by atoms with van der Waals surface area (Å²) in [4.78, 5) is 28.2. The summed E-state index contributed by atoms with van der Waals surface area (Å²) in [6.07, 6.45) is 0. The minimum absolute atomic E-state index is 0.128. The number of rotatable bonds is 5. The van der Waals surface area contributed by atoms with Crippen molar-refractivity contribution in [3.63, 3.8) is 0 Å². The maximum atomic E-state index is 13.4. The van der Waals surface area contributed by atoms with Crippen molar-refractivity contribution in [3.05, 3.63) is 96.1 Å². The zero-order valence-electron chi connectivity index (χ0n) is 16.1. The van der Waals surface area contributed by atoms with Crippen molar-refractivity contribution in [2.75, 3.05) is 11.5 Å². The third kappa shape index (κ3) is 2.45. The summed E-state index contributed by atoms with van der Waals surface area (Å²) < 4.78 is 5.47. The van der Waals surface area contributed by atoms with E-state index >= 15 is 0 Å². The molecule has 0 N–H and O–H groups in total. The molecule has 2 fully saturated rings. The molecule has 0 unspecified atom stereocenters. The number of ether oxygens (including phenoxy) is 1. The van der Waals surface area contributed by atoms with E-state index in [1.54, 1.807) is 24.3 Å². The Morgan fingerprint density at radius 1 is 0.759 bits per heavy atom. The van der Waals surface area contributed by atoms with Crippen LogP contribution in [0.5, 0.6) is 5.75 Å². The second-order valence-corrected chi connectivity index (χ2v) is 7.50. The van der Waals surface area contributed by atoms with E-state index in [4.69, 9.17) is 4.74 Å². The first-order valence-corrected chi connectivity index (χ1v) is 9.91. The molecule has 1 aliphatic carbocycles. The normalized spacial score (nSPS) is 21.8. The average Bonchev–Trinajstić information content (AvgIpc) is 3.40. The van der Waals surface area contributed by atoms with Crippen molar-refractivity contribution < 1.29 is 14.3 Å². The fourth-order valence-corrected chi connectivity index (χ4v) is 4.87. The second-order valence-electron chi connectivity index (χ2n) is 7.50. The summed E-state index contributed by atoms with van der Waals surface area (Å²) in [5.74, 6) is -0.269. The minimum Gasteiger partial charge on any atom is -0.494 e. The van der Waals surface area contributed by atoms with Gasteiger partial charge >= 0.3 is 0 Å². The fourth-order valence-electron chi connectivity index (χ4n) is 4.87. The molecule has 5 rings (SSSR count). The van der Waals surface area contributed by atoms with E-state index in [0.29, 0.717) is 12.3 Å². The third-order valence-corrected chi connectivity index (χ3v) is 6.09. The van der Waals surface area contributed by atoms with E-state index in [1.807, 2.05) is 67.6 Å². The first-order valence-electron chi connectivity index (χ1n) is 9.91. The summed E-state index contributed by atoms with van der Waals surface area (Å²) in [6.45, 7) is 2.49. The van der Waals surface area contributed by atoms with Crippen LogP contribution in [-0.4, -0.2) is 18.4 Å². The van der Waals surface area contributed by atoms with Crippen LogP contribution in [-0.2, 0) is 15.0 Å². The van der Waals surface area contributed by atoms with Crippen molar-refractivity contribution in [1.82, 2.24) is 0 Å². The molecule has 3 aromatic carbocycles. The maximum Gasteiger partial charge on any atom is 0.239 e. The molecule has 1 saturated heterocycles. The number of piperidine rings is 1. The highest BCUT2D eigenvalue weighted by atomic mass is 16.5. The number of amides is 2. The molecule has 0 spiro atoms. The third-order valence-electron chi connectivity index (χ3n) is 6.09. The maximum absolute atomic E-state index is 13.4. The number of hydrogen-bond acceptors (Lipinski definition) is 3. The summed E-state index contributed by atoms with van der Waals surface area (Å²) in [6, 6.07) is 27.0. The van der Waals surface area contributed by atoms with Crippen LogP contribution in [0.3, 0.4) is 0 Å². The van der Waals surface area contributed by atoms with Gasteiger partial charge in [0.2, 0.25) is 11.8 Å². The SMILES string of the molecule is CCOc1ccc(N2C(=O)[C@@H]3[C@H](C2=O)C3(c2ccccc2)c2ccccc2)cc1. The first kappa shape index (κ1) is 17.7. The number of benzene rings is 3. The molecule has 2 amide bonds. The Labute approximate surface area is 169 Å². The van der Waals surface area contributed by atoms with Gasteiger partial charge in [0, 0.05) is 5.41 Å². The zero-order valence-corrected chi connectivity index (χ0v) is 16.1. The largest absolute Gasteiger partial charge is 0.494 e. The second kappa shape index (κ2) is 6.59. The fraction of sp³-hybridized carbons (Fsp3) is 0.200. The Balaban J connectivity index is 1.54. The van der Waals surface area contributed by atoms with Gasteiger partial charge in [-0.3, -0.25) is 9.59 Å². The summed E-state index contributed by atoms with van der Waals surface area (Å²) >= 11 is 0. The highest BCUT2D eigenvalue weighted by molar-refractivity contribution is 6.27. The van der Waals surface area contributed by atoms with Gasteiger partial charge < -0.3 is 4.74 Å². The standard InChI is InChI=1S/C25H21NO3/c1-2-29-20-15-13-19(14-16-20)26-23(27)21-22(24(26)28)25(21,17-9-5-3-6-10-17)18-11-7-4-8-12-18/h3-16,21-22H,2H2,1H3/t21-,22+. The van der Waals surface area contributed by atoms with Crippen LogP contribution < -0.4 is 9.64 Å². The van der Waals surface area contributed by atoms with Gasteiger partial charge in [0.1, 0.15) is 5.75 Å². The van der Waals surface area contributed by atoms with E-state index in [9.17, 15) is 9.59 Å². The van der Waals surface area contributed by atoms with Crippen LogP contribution in [0.15, 0.2) is 84.9 Å². The van der Waals surface area contributed by atoms with Gasteiger partial charge in [-0.1, -0.05) is 60.7 Å². The Kier molecular flexibility index (Phi) is 4.02. The number of fused-ring (bicyclic) bond motifs is 1. The van der Waals surface area contributed by atoms with Crippen LogP contribution >= 0.6 is 0 Å². The molecule has 1 saturated carbocycles. The predicted molar refractivity (Wildman–Crippen MR) is 111 cm³/mol. The molecule has 1 aliphatic heterocycles. The predicted octanol–water partition coefficient (Wildman–Crippen LogP) is 4.19. The van der Waals surface area contributed by atoms with Crippen LogP contribution in [0.4, 0.5) is 5.69 Å². The summed E-state index contributed by atoms with van der Waals surface area (Å²) in [5, 5.41) is 0. The first-order chi connectivity index (χ1) is 14.2. The average molecular weight is 383 g/mol. The smallest absolute Gasteiger partial charge is 0.239 e. The molecule has 144 valence electrons. The molecular formula is C25H21NO3.